The van der Waals surface area contributed by atoms with Crippen LogP contribution in [-0.4, -0.2) is 41.2 Å². The van der Waals surface area contributed by atoms with Gasteiger partial charge in [0.05, 0.1) is 31.2 Å². The van der Waals surface area contributed by atoms with Gasteiger partial charge >= 0.3 is 0 Å². The van der Waals surface area contributed by atoms with Gasteiger partial charge in [0.1, 0.15) is 17.1 Å². The lowest BCUT2D eigenvalue weighted by Crippen LogP contribution is -2.11. The number of ether oxygens (including phenoxy) is 3. The van der Waals surface area contributed by atoms with E-state index in [1.165, 1.54) is 0 Å². The molecule has 10 heteroatoms. The van der Waals surface area contributed by atoms with Gasteiger partial charge in [0.2, 0.25) is 11.2 Å². The summed E-state index contributed by atoms with van der Waals surface area (Å²) in [5.74, 6) is 2.68. The second-order valence-electron chi connectivity index (χ2n) is 8.12. The number of nitrogens with zero attached hydrogens (tertiary/aromatic N) is 3. The number of rotatable bonds is 10. The third-order valence-corrected chi connectivity index (χ3v) is 7.11. The van der Waals surface area contributed by atoms with Crippen molar-refractivity contribution in [2.75, 3.05) is 26.6 Å². The van der Waals surface area contributed by atoms with Gasteiger partial charge in [-0.1, -0.05) is 23.4 Å². The lowest BCUT2D eigenvalue weighted by atomic mass is 10.1. The molecular formula is C27H24ClN3O5S. The van der Waals surface area contributed by atoms with Gasteiger partial charge in [0, 0.05) is 23.6 Å². The Kier molecular flexibility index (Phi) is 7.52. The normalized spacial score (nSPS) is 11.2. The molecule has 5 rings (SSSR count). The molecule has 0 amide bonds. The Morgan fingerprint density at radius 2 is 1.78 bits per heavy atom. The zero-order chi connectivity index (χ0) is 25.8. The standard InChI is InChI=1S/C27H24ClN3O5S/c1-33-18-9-7-17(8-10-18)24-25(23(32)20-12-11-19(34-2)16-22(20)36-24)35-14-3-4-15-37-27-30-29-26-21(28)6-5-13-31(26)27/h5-13,16H,3-4,14-15H2,1-2H3. The third-order valence-electron chi connectivity index (χ3n) is 5.78. The van der Waals surface area contributed by atoms with Crippen LogP contribution in [0.25, 0.3) is 27.9 Å². The number of thioether (sulfide) groups is 1. The Hall–Kier alpha value is -3.69. The summed E-state index contributed by atoms with van der Waals surface area (Å²) in [4.78, 5) is 13.4. The fraction of sp³-hybridized carbons (Fsp3) is 0.222. The number of fused-ring (bicyclic) bond motifs is 2. The molecule has 0 aliphatic carbocycles. The highest BCUT2D eigenvalue weighted by Gasteiger charge is 2.18. The molecule has 0 saturated heterocycles. The maximum absolute atomic E-state index is 13.4. The summed E-state index contributed by atoms with van der Waals surface area (Å²) in [5, 5.41) is 10.1. The summed E-state index contributed by atoms with van der Waals surface area (Å²) < 4.78 is 24.6. The van der Waals surface area contributed by atoms with Crippen LogP contribution in [0.3, 0.4) is 0 Å². The van der Waals surface area contributed by atoms with Crippen molar-refractivity contribution in [3.63, 3.8) is 0 Å². The number of benzene rings is 2. The average Bonchev–Trinajstić information content (AvgIpc) is 3.35. The largest absolute Gasteiger partial charge is 0.497 e. The zero-order valence-corrected chi connectivity index (χ0v) is 21.8. The van der Waals surface area contributed by atoms with E-state index < -0.39 is 0 Å². The first-order valence-corrected chi connectivity index (χ1v) is 13.0. The van der Waals surface area contributed by atoms with Gasteiger partial charge in [-0.05, 0) is 61.4 Å². The molecule has 0 atom stereocenters. The van der Waals surface area contributed by atoms with Crippen molar-refractivity contribution < 1.29 is 18.6 Å². The highest BCUT2D eigenvalue weighted by Crippen LogP contribution is 2.33. The van der Waals surface area contributed by atoms with Crippen LogP contribution in [-0.2, 0) is 0 Å². The minimum absolute atomic E-state index is 0.188. The molecule has 0 unspecified atom stereocenters. The van der Waals surface area contributed by atoms with Crippen LogP contribution in [0, 0.1) is 0 Å². The SMILES string of the molecule is COc1ccc(-c2oc3cc(OC)ccc3c(=O)c2OCCCCSc2nnc3c(Cl)cccn23)cc1. The molecule has 2 aromatic carbocycles. The van der Waals surface area contributed by atoms with Crippen LogP contribution in [0.1, 0.15) is 12.8 Å². The highest BCUT2D eigenvalue weighted by molar-refractivity contribution is 7.99. The molecule has 0 aliphatic rings. The van der Waals surface area contributed by atoms with E-state index in [0.717, 1.165) is 23.8 Å². The minimum atomic E-state index is -0.226. The zero-order valence-electron chi connectivity index (χ0n) is 20.3. The van der Waals surface area contributed by atoms with Crippen molar-refractivity contribution in [3.05, 3.63) is 76.0 Å². The van der Waals surface area contributed by atoms with E-state index in [2.05, 4.69) is 10.2 Å². The van der Waals surface area contributed by atoms with Gasteiger partial charge in [-0.15, -0.1) is 10.2 Å². The Bertz CT molecular complexity index is 1600. The maximum Gasteiger partial charge on any atom is 0.235 e. The van der Waals surface area contributed by atoms with Crippen molar-refractivity contribution in [2.24, 2.45) is 0 Å². The second kappa shape index (κ2) is 11.1. The van der Waals surface area contributed by atoms with Crippen molar-refractivity contribution in [2.45, 2.75) is 18.0 Å². The summed E-state index contributed by atoms with van der Waals surface area (Å²) in [6.07, 6.45) is 3.49. The van der Waals surface area contributed by atoms with Crippen LogP contribution in [0.2, 0.25) is 5.02 Å². The smallest absolute Gasteiger partial charge is 0.235 e. The van der Waals surface area contributed by atoms with Gasteiger partial charge in [-0.3, -0.25) is 9.20 Å². The van der Waals surface area contributed by atoms with Crippen LogP contribution in [0.4, 0.5) is 0 Å². The van der Waals surface area contributed by atoms with Crippen molar-refractivity contribution in [1.82, 2.24) is 14.6 Å². The fourth-order valence-electron chi connectivity index (χ4n) is 3.85. The molecule has 0 aliphatic heterocycles. The van der Waals surface area contributed by atoms with Gasteiger partial charge in [0.25, 0.3) is 0 Å². The van der Waals surface area contributed by atoms with Crippen LogP contribution in [0.5, 0.6) is 17.2 Å². The fourth-order valence-corrected chi connectivity index (χ4v) is 4.97. The van der Waals surface area contributed by atoms with Crippen LogP contribution < -0.4 is 19.6 Å². The topological polar surface area (TPSA) is 88.1 Å². The van der Waals surface area contributed by atoms with E-state index >= 15 is 0 Å². The molecule has 0 radical (unpaired) electrons. The second-order valence-corrected chi connectivity index (χ2v) is 9.59. The monoisotopic (exact) mass is 537 g/mol. The Morgan fingerprint density at radius 1 is 1.00 bits per heavy atom. The predicted molar refractivity (Wildman–Crippen MR) is 144 cm³/mol. The lowest BCUT2D eigenvalue weighted by molar-refractivity contribution is 0.302. The van der Waals surface area contributed by atoms with Crippen LogP contribution >= 0.6 is 23.4 Å². The number of aromatic nitrogens is 3. The van der Waals surface area contributed by atoms with Gasteiger partial charge < -0.3 is 18.6 Å². The maximum atomic E-state index is 13.4. The van der Waals surface area contributed by atoms with Gasteiger partial charge in [-0.25, -0.2) is 0 Å². The Balaban J connectivity index is 1.31. The van der Waals surface area contributed by atoms with E-state index in [9.17, 15) is 4.79 Å². The van der Waals surface area contributed by atoms with Crippen LogP contribution in [0.15, 0.2) is 75.2 Å². The van der Waals surface area contributed by atoms with Gasteiger partial charge in [0.15, 0.2) is 16.6 Å². The first-order valence-electron chi connectivity index (χ1n) is 11.6. The summed E-state index contributed by atoms with van der Waals surface area (Å²) in [5.41, 5.74) is 1.56. The Morgan fingerprint density at radius 3 is 2.57 bits per heavy atom. The number of unbranched alkanes of at least 4 members (excludes halogenated alkanes) is 1. The molecule has 190 valence electrons. The quantitative estimate of drug-likeness (QED) is 0.155. The summed E-state index contributed by atoms with van der Waals surface area (Å²) in [6, 6.07) is 16.1. The summed E-state index contributed by atoms with van der Waals surface area (Å²) in [6.45, 7) is 0.364. The molecule has 5 aromatic rings. The van der Waals surface area contributed by atoms with E-state index in [-0.39, 0.29) is 11.2 Å². The number of hydrogen-bond donors (Lipinski definition) is 0. The lowest BCUT2D eigenvalue weighted by Gasteiger charge is -2.12. The summed E-state index contributed by atoms with van der Waals surface area (Å²) >= 11 is 7.77. The molecule has 0 spiro atoms. The number of pyridine rings is 1. The third kappa shape index (κ3) is 5.23. The number of hydrogen-bond acceptors (Lipinski definition) is 8. The molecule has 8 nitrogen and oxygen atoms in total. The van der Waals surface area contributed by atoms with E-state index in [0.29, 0.717) is 51.1 Å². The number of halogens is 1. The number of methoxy groups -OCH3 is 2. The predicted octanol–water partition coefficient (Wildman–Crippen LogP) is 6.12. The first kappa shape index (κ1) is 25.0. The van der Waals surface area contributed by atoms with Crippen molar-refractivity contribution in [3.8, 4) is 28.6 Å². The molecule has 0 fully saturated rings. The van der Waals surface area contributed by atoms with Crippen molar-refractivity contribution >= 4 is 40.0 Å². The minimum Gasteiger partial charge on any atom is -0.497 e. The van der Waals surface area contributed by atoms with E-state index in [4.69, 9.17) is 30.2 Å². The Labute approximate surface area is 222 Å². The van der Waals surface area contributed by atoms with E-state index in [1.54, 1.807) is 50.2 Å². The highest BCUT2D eigenvalue weighted by atomic mass is 35.5. The van der Waals surface area contributed by atoms with Gasteiger partial charge in [-0.2, -0.15) is 0 Å². The molecule has 3 aromatic heterocycles. The molecule has 0 bridgehead atoms. The average molecular weight is 538 g/mol. The van der Waals surface area contributed by atoms with Crippen molar-refractivity contribution in [1.29, 1.82) is 0 Å². The molecular weight excluding hydrogens is 514 g/mol. The molecule has 0 N–H and O–H groups in total. The summed E-state index contributed by atoms with van der Waals surface area (Å²) in [7, 11) is 3.17. The molecule has 0 saturated carbocycles. The first-order chi connectivity index (χ1) is 18.1. The van der Waals surface area contributed by atoms with E-state index in [1.807, 2.05) is 40.9 Å². The molecule has 3 heterocycles. The molecule has 37 heavy (non-hydrogen) atoms.